The van der Waals surface area contributed by atoms with Crippen LogP contribution in [0.5, 0.6) is 0 Å². The van der Waals surface area contributed by atoms with Crippen molar-refractivity contribution in [2.75, 3.05) is 13.1 Å². The number of benzene rings is 1. The maximum absolute atomic E-state index is 12.6. The number of nitrogens with zero attached hydrogens (tertiary/aromatic N) is 2. The van der Waals surface area contributed by atoms with Crippen molar-refractivity contribution in [3.8, 4) is 0 Å². The van der Waals surface area contributed by atoms with Gasteiger partial charge in [0.25, 0.3) is 0 Å². The fourth-order valence-corrected chi connectivity index (χ4v) is 3.10. The molecular formula is C16H22N2O3. The van der Waals surface area contributed by atoms with Crippen LogP contribution in [0.4, 0.5) is 4.79 Å². The number of carbonyl (C=O) groups is 1. The first-order valence-corrected chi connectivity index (χ1v) is 7.27. The molecule has 2 aliphatic heterocycles. The van der Waals surface area contributed by atoms with Gasteiger partial charge in [-0.1, -0.05) is 30.3 Å². The molecule has 2 aliphatic rings. The van der Waals surface area contributed by atoms with E-state index in [1.165, 1.54) is 5.06 Å². The standard InChI is InChI=1S/C16H22N2O3/c1-15(2)10-17(11-16(3,4)21-15)14(19)18-13(20-18)12-8-6-5-7-9-12/h5-9,13H,10-11H2,1-4H3. The van der Waals surface area contributed by atoms with Crippen LogP contribution in [0.2, 0.25) is 0 Å². The third kappa shape index (κ3) is 3.04. The summed E-state index contributed by atoms with van der Waals surface area (Å²) in [6.45, 7) is 9.16. The number of rotatable bonds is 1. The first-order chi connectivity index (χ1) is 9.77. The normalized spacial score (nSPS) is 26.6. The van der Waals surface area contributed by atoms with Crippen LogP contribution in [0.3, 0.4) is 0 Å². The van der Waals surface area contributed by atoms with Crippen LogP contribution in [0.1, 0.15) is 39.5 Å². The predicted molar refractivity (Wildman–Crippen MR) is 78.3 cm³/mol. The van der Waals surface area contributed by atoms with Crippen molar-refractivity contribution in [2.45, 2.75) is 45.1 Å². The molecule has 1 aromatic carbocycles. The lowest BCUT2D eigenvalue weighted by atomic mass is 9.99. The minimum absolute atomic E-state index is 0.0895. The Labute approximate surface area is 125 Å². The van der Waals surface area contributed by atoms with Crippen LogP contribution in [0.15, 0.2) is 30.3 Å². The van der Waals surface area contributed by atoms with Crippen LogP contribution in [-0.2, 0) is 9.57 Å². The summed E-state index contributed by atoms with van der Waals surface area (Å²) in [5.74, 6) is 0. The molecule has 0 spiro atoms. The number of hydrogen-bond donors (Lipinski definition) is 0. The molecule has 0 bridgehead atoms. The van der Waals surface area contributed by atoms with Gasteiger partial charge in [-0.2, -0.15) is 5.06 Å². The fraction of sp³-hybridized carbons (Fsp3) is 0.562. The minimum atomic E-state index is -0.352. The van der Waals surface area contributed by atoms with Gasteiger partial charge in [-0.15, -0.1) is 0 Å². The lowest BCUT2D eigenvalue weighted by Crippen LogP contribution is -2.59. The number of hydroxylamine groups is 2. The summed E-state index contributed by atoms with van der Waals surface area (Å²) >= 11 is 0. The minimum Gasteiger partial charge on any atom is -0.366 e. The topological polar surface area (TPSA) is 45.1 Å². The zero-order valence-electron chi connectivity index (χ0n) is 13.0. The van der Waals surface area contributed by atoms with E-state index in [-0.39, 0.29) is 23.5 Å². The van der Waals surface area contributed by atoms with Crippen LogP contribution in [-0.4, -0.2) is 40.3 Å². The smallest absolute Gasteiger partial charge is 0.347 e. The second-order valence-electron chi connectivity index (χ2n) is 6.95. The van der Waals surface area contributed by atoms with Gasteiger partial charge in [0.2, 0.25) is 6.23 Å². The summed E-state index contributed by atoms with van der Waals surface area (Å²) in [4.78, 5) is 19.9. The van der Waals surface area contributed by atoms with Gasteiger partial charge < -0.3 is 9.64 Å². The molecule has 0 aliphatic carbocycles. The number of carbonyl (C=O) groups excluding carboxylic acids is 1. The molecule has 1 atom stereocenters. The molecule has 2 fully saturated rings. The van der Waals surface area contributed by atoms with Crippen molar-refractivity contribution in [3.63, 3.8) is 0 Å². The number of ether oxygens (including phenoxy) is 1. The number of hydrogen-bond acceptors (Lipinski definition) is 3. The van der Waals surface area contributed by atoms with Crippen molar-refractivity contribution < 1.29 is 14.4 Å². The average molecular weight is 290 g/mol. The molecule has 2 saturated heterocycles. The number of morpholine rings is 1. The van der Waals surface area contributed by atoms with E-state index in [1.54, 1.807) is 0 Å². The largest absolute Gasteiger partial charge is 0.366 e. The van der Waals surface area contributed by atoms with Crippen molar-refractivity contribution >= 4 is 6.03 Å². The van der Waals surface area contributed by atoms with Crippen LogP contribution >= 0.6 is 0 Å². The van der Waals surface area contributed by atoms with E-state index in [0.717, 1.165) is 5.56 Å². The zero-order valence-corrected chi connectivity index (χ0v) is 13.0. The van der Waals surface area contributed by atoms with E-state index < -0.39 is 0 Å². The van der Waals surface area contributed by atoms with Crippen molar-refractivity contribution in [1.29, 1.82) is 0 Å². The second-order valence-corrected chi connectivity index (χ2v) is 6.95. The van der Waals surface area contributed by atoms with E-state index >= 15 is 0 Å². The molecule has 1 unspecified atom stereocenters. The van der Waals surface area contributed by atoms with Gasteiger partial charge in [0.05, 0.1) is 24.3 Å². The molecule has 21 heavy (non-hydrogen) atoms. The summed E-state index contributed by atoms with van der Waals surface area (Å²) in [5, 5.41) is 1.44. The Kier molecular flexibility index (Phi) is 3.22. The van der Waals surface area contributed by atoms with Gasteiger partial charge in [0, 0.05) is 5.56 Å². The van der Waals surface area contributed by atoms with Crippen LogP contribution in [0.25, 0.3) is 0 Å². The molecule has 0 saturated carbocycles. The summed E-state index contributed by atoms with van der Waals surface area (Å²) in [6.07, 6.45) is -0.257. The average Bonchev–Trinajstić information content (AvgIpc) is 3.15. The summed E-state index contributed by atoms with van der Waals surface area (Å²) in [5.41, 5.74) is 0.295. The van der Waals surface area contributed by atoms with Gasteiger partial charge in [-0.25, -0.2) is 9.63 Å². The quantitative estimate of drug-likeness (QED) is 0.747. The molecule has 2 heterocycles. The van der Waals surface area contributed by atoms with Crippen molar-refractivity contribution in [2.24, 2.45) is 0 Å². The molecule has 5 heteroatoms. The molecule has 1 aromatic rings. The van der Waals surface area contributed by atoms with E-state index in [9.17, 15) is 4.79 Å². The highest BCUT2D eigenvalue weighted by Gasteiger charge is 2.48. The molecular weight excluding hydrogens is 268 g/mol. The van der Waals surface area contributed by atoms with E-state index in [1.807, 2.05) is 62.9 Å². The zero-order chi connectivity index (χ0) is 15.3. The Morgan fingerprint density at radius 3 is 2.24 bits per heavy atom. The second kappa shape index (κ2) is 4.71. The lowest BCUT2D eigenvalue weighted by Gasteiger charge is -2.46. The Balaban J connectivity index is 1.69. The third-order valence-electron chi connectivity index (χ3n) is 3.62. The number of urea groups is 1. The van der Waals surface area contributed by atoms with E-state index in [2.05, 4.69) is 0 Å². The molecule has 114 valence electrons. The molecule has 2 amide bonds. The molecule has 0 radical (unpaired) electrons. The van der Waals surface area contributed by atoms with Crippen LogP contribution in [0, 0.1) is 0 Å². The van der Waals surface area contributed by atoms with E-state index in [4.69, 9.17) is 9.57 Å². The van der Waals surface area contributed by atoms with Crippen molar-refractivity contribution in [1.82, 2.24) is 9.96 Å². The molecule has 5 nitrogen and oxygen atoms in total. The summed E-state index contributed by atoms with van der Waals surface area (Å²) < 4.78 is 6.00. The SMILES string of the molecule is CC1(C)CN(C(=O)N2OC2c2ccccc2)CC(C)(C)O1. The molecule has 0 aromatic heterocycles. The third-order valence-corrected chi connectivity index (χ3v) is 3.62. The lowest BCUT2D eigenvalue weighted by molar-refractivity contribution is -0.171. The highest BCUT2D eigenvalue weighted by Crippen LogP contribution is 2.39. The maximum atomic E-state index is 12.6. The van der Waals surface area contributed by atoms with Gasteiger partial charge in [-0.3, -0.25) is 0 Å². The predicted octanol–water partition coefficient (Wildman–Crippen LogP) is 2.94. The first-order valence-electron chi connectivity index (χ1n) is 7.27. The molecule has 3 rings (SSSR count). The Morgan fingerprint density at radius 2 is 1.67 bits per heavy atom. The monoisotopic (exact) mass is 290 g/mol. The Bertz CT molecular complexity index is 526. The van der Waals surface area contributed by atoms with Crippen LogP contribution < -0.4 is 0 Å². The van der Waals surface area contributed by atoms with Gasteiger partial charge in [0.1, 0.15) is 0 Å². The fourth-order valence-electron chi connectivity index (χ4n) is 3.10. The summed E-state index contributed by atoms with van der Waals surface area (Å²) in [6, 6.07) is 9.68. The van der Waals surface area contributed by atoms with Gasteiger partial charge in [-0.05, 0) is 27.7 Å². The van der Waals surface area contributed by atoms with E-state index in [0.29, 0.717) is 13.1 Å². The van der Waals surface area contributed by atoms with Gasteiger partial charge >= 0.3 is 6.03 Å². The highest BCUT2D eigenvalue weighted by molar-refractivity contribution is 5.75. The first kappa shape index (κ1) is 14.4. The highest BCUT2D eigenvalue weighted by atomic mass is 16.8. The number of amides is 2. The summed E-state index contributed by atoms with van der Waals surface area (Å²) in [7, 11) is 0. The van der Waals surface area contributed by atoms with Crippen molar-refractivity contribution in [3.05, 3.63) is 35.9 Å². The Morgan fingerprint density at radius 1 is 1.10 bits per heavy atom. The maximum Gasteiger partial charge on any atom is 0.347 e. The van der Waals surface area contributed by atoms with Gasteiger partial charge in [0.15, 0.2) is 0 Å². The molecule has 0 N–H and O–H groups in total. The Hall–Kier alpha value is -1.59.